The Morgan fingerprint density at radius 2 is 1.83 bits per heavy atom. The van der Waals surface area contributed by atoms with E-state index in [2.05, 4.69) is 43.6 Å². The number of thiazole rings is 1. The Kier molecular flexibility index (Phi) is 6.97. The zero-order valence-electron chi connectivity index (χ0n) is 18.6. The van der Waals surface area contributed by atoms with Crippen LogP contribution < -0.4 is 4.90 Å². The fraction of sp³-hybridized carbons (Fsp3) is 0.727. The zero-order valence-corrected chi connectivity index (χ0v) is 20.2. The maximum atomic E-state index is 13.1. The molecule has 0 saturated carbocycles. The van der Waals surface area contributed by atoms with E-state index in [9.17, 15) is 4.79 Å². The van der Waals surface area contributed by atoms with Crippen LogP contribution in [0.2, 0.25) is 0 Å². The highest BCUT2D eigenvalue weighted by Gasteiger charge is 2.29. The van der Waals surface area contributed by atoms with Crippen LogP contribution in [0.5, 0.6) is 0 Å². The third kappa shape index (κ3) is 4.82. The molecular formula is C22H34N4O2S2. The predicted molar refractivity (Wildman–Crippen MR) is 126 cm³/mol. The Morgan fingerprint density at radius 1 is 1.17 bits per heavy atom. The number of ether oxygens (including phenoxy) is 1. The standard InChI is InChI=1S/C22H34N4O2S2/c1-5-25(6-2)22-23-20-18(30-22)11-19(29-20)21(27)26-9-7-17(8-10-26)14-24-12-15(3)28-16(4)13-24/h11,15-17H,5-10,12-14H2,1-4H3. The summed E-state index contributed by atoms with van der Waals surface area (Å²) in [5.74, 6) is 0.860. The minimum atomic E-state index is 0.182. The summed E-state index contributed by atoms with van der Waals surface area (Å²) in [5, 5.41) is 1.06. The third-order valence-electron chi connectivity index (χ3n) is 6.24. The number of hydrogen-bond donors (Lipinski definition) is 0. The normalized spacial score (nSPS) is 23.9. The smallest absolute Gasteiger partial charge is 0.264 e. The molecule has 2 aliphatic heterocycles. The molecule has 4 rings (SSSR count). The Hall–Kier alpha value is -1.22. The van der Waals surface area contributed by atoms with E-state index >= 15 is 0 Å². The van der Waals surface area contributed by atoms with Crippen molar-refractivity contribution in [1.29, 1.82) is 0 Å². The molecule has 2 saturated heterocycles. The molecule has 0 radical (unpaired) electrons. The minimum Gasteiger partial charge on any atom is -0.373 e. The Morgan fingerprint density at radius 3 is 2.43 bits per heavy atom. The molecule has 4 heterocycles. The van der Waals surface area contributed by atoms with E-state index in [0.717, 1.165) is 78.2 Å². The summed E-state index contributed by atoms with van der Waals surface area (Å²) in [6, 6.07) is 2.05. The van der Waals surface area contributed by atoms with Crippen molar-refractivity contribution in [2.75, 3.05) is 50.7 Å². The van der Waals surface area contributed by atoms with Gasteiger partial charge < -0.3 is 14.5 Å². The van der Waals surface area contributed by atoms with Crippen LogP contribution >= 0.6 is 22.7 Å². The van der Waals surface area contributed by atoms with E-state index < -0.39 is 0 Å². The van der Waals surface area contributed by atoms with Crippen LogP contribution in [-0.4, -0.2) is 78.7 Å². The van der Waals surface area contributed by atoms with Gasteiger partial charge in [0, 0.05) is 45.8 Å². The topological polar surface area (TPSA) is 48.9 Å². The van der Waals surface area contributed by atoms with Gasteiger partial charge in [0.1, 0.15) is 4.83 Å². The first-order chi connectivity index (χ1) is 14.5. The number of carbonyl (C=O) groups excluding carboxylic acids is 1. The molecule has 166 valence electrons. The van der Waals surface area contributed by atoms with Crippen molar-refractivity contribution in [1.82, 2.24) is 14.8 Å². The van der Waals surface area contributed by atoms with E-state index in [1.54, 1.807) is 22.7 Å². The van der Waals surface area contributed by atoms with Crippen LogP contribution in [0.25, 0.3) is 9.53 Å². The van der Waals surface area contributed by atoms with E-state index in [4.69, 9.17) is 9.72 Å². The second-order valence-electron chi connectivity index (χ2n) is 8.66. The van der Waals surface area contributed by atoms with Crippen LogP contribution in [0, 0.1) is 5.92 Å². The average Bonchev–Trinajstić information content (AvgIpc) is 3.27. The fourth-order valence-electron chi connectivity index (χ4n) is 4.73. The molecule has 0 bridgehead atoms. The molecule has 2 aliphatic rings. The van der Waals surface area contributed by atoms with Gasteiger partial charge in [-0.2, -0.15) is 0 Å². The Balaban J connectivity index is 1.32. The number of aromatic nitrogens is 1. The maximum Gasteiger partial charge on any atom is 0.264 e. The number of hydrogen-bond acceptors (Lipinski definition) is 7. The van der Waals surface area contributed by atoms with Crippen molar-refractivity contribution < 1.29 is 9.53 Å². The molecule has 0 aromatic carbocycles. The van der Waals surface area contributed by atoms with Crippen LogP contribution in [-0.2, 0) is 4.74 Å². The van der Waals surface area contributed by atoms with E-state index in [1.165, 1.54) is 0 Å². The molecule has 2 fully saturated rings. The quantitative estimate of drug-likeness (QED) is 0.661. The molecule has 2 aromatic rings. The number of rotatable bonds is 6. The summed E-state index contributed by atoms with van der Waals surface area (Å²) in [5.41, 5.74) is 0. The zero-order chi connectivity index (χ0) is 21.3. The number of carbonyl (C=O) groups is 1. The molecule has 0 aliphatic carbocycles. The van der Waals surface area contributed by atoms with Crippen molar-refractivity contribution in [3.63, 3.8) is 0 Å². The van der Waals surface area contributed by atoms with Crippen molar-refractivity contribution >= 4 is 43.2 Å². The second-order valence-corrected chi connectivity index (χ2v) is 10.7. The SMILES string of the molecule is CCN(CC)c1nc2sc(C(=O)N3CCC(CN4CC(C)OC(C)C4)CC3)cc2s1. The minimum absolute atomic E-state index is 0.182. The van der Waals surface area contributed by atoms with E-state index in [-0.39, 0.29) is 5.91 Å². The average molecular weight is 451 g/mol. The van der Waals surface area contributed by atoms with Crippen molar-refractivity contribution in [3.8, 4) is 0 Å². The summed E-state index contributed by atoms with van der Waals surface area (Å²) >= 11 is 3.25. The van der Waals surface area contributed by atoms with Crippen LogP contribution in [0.1, 0.15) is 50.2 Å². The summed E-state index contributed by atoms with van der Waals surface area (Å²) in [6.07, 6.45) is 2.82. The maximum absolute atomic E-state index is 13.1. The highest BCUT2D eigenvalue weighted by Crippen LogP contribution is 2.35. The van der Waals surface area contributed by atoms with Crippen LogP contribution in [0.4, 0.5) is 5.13 Å². The molecule has 2 unspecified atom stereocenters. The molecule has 2 aromatic heterocycles. The summed E-state index contributed by atoms with van der Waals surface area (Å²) in [7, 11) is 0. The molecule has 6 nitrogen and oxygen atoms in total. The van der Waals surface area contributed by atoms with Crippen molar-refractivity contribution in [3.05, 3.63) is 10.9 Å². The monoisotopic (exact) mass is 450 g/mol. The summed E-state index contributed by atoms with van der Waals surface area (Å²) < 4.78 is 6.99. The first-order valence-corrected chi connectivity index (χ1v) is 12.9. The lowest BCUT2D eigenvalue weighted by Crippen LogP contribution is -2.48. The Labute approximate surface area is 187 Å². The molecule has 8 heteroatoms. The lowest BCUT2D eigenvalue weighted by molar-refractivity contribution is -0.0728. The van der Waals surface area contributed by atoms with Gasteiger partial charge in [-0.15, -0.1) is 11.3 Å². The van der Waals surface area contributed by atoms with Gasteiger partial charge in [-0.3, -0.25) is 9.69 Å². The Bertz CT molecular complexity index is 813. The van der Waals surface area contributed by atoms with Crippen molar-refractivity contribution in [2.45, 2.75) is 52.7 Å². The number of fused-ring (bicyclic) bond motifs is 1. The number of thiophene rings is 1. The number of piperidine rings is 1. The molecular weight excluding hydrogens is 416 g/mol. The number of morpholine rings is 1. The third-order valence-corrected chi connectivity index (χ3v) is 8.45. The first-order valence-electron chi connectivity index (χ1n) is 11.3. The van der Waals surface area contributed by atoms with Crippen LogP contribution in [0.15, 0.2) is 6.07 Å². The van der Waals surface area contributed by atoms with Gasteiger partial charge in [0.25, 0.3) is 5.91 Å². The highest BCUT2D eigenvalue weighted by atomic mass is 32.1. The second kappa shape index (κ2) is 9.51. The summed E-state index contributed by atoms with van der Waals surface area (Å²) in [6.45, 7) is 15.5. The lowest BCUT2D eigenvalue weighted by Gasteiger charge is -2.39. The fourth-order valence-corrected chi connectivity index (χ4v) is 7.04. The lowest BCUT2D eigenvalue weighted by atomic mass is 9.95. The number of anilines is 1. The number of likely N-dealkylation sites (tertiary alicyclic amines) is 1. The van der Waals surface area contributed by atoms with Gasteiger partial charge in [-0.05, 0) is 52.5 Å². The predicted octanol–water partition coefficient (Wildman–Crippen LogP) is 4.17. The number of nitrogens with zero attached hydrogens (tertiary/aromatic N) is 4. The number of amides is 1. The van der Waals surface area contributed by atoms with Gasteiger partial charge in [0.2, 0.25) is 0 Å². The van der Waals surface area contributed by atoms with Gasteiger partial charge in [0.05, 0.1) is 21.8 Å². The highest BCUT2D eigenvalue weighted by molar-refractivity contribution is 7.29. The van der Waals surface area contributed by atoms with E-state index in [1.807, 2.05) is 4.90 Å². The van der Waals surface area contributed by atoms with E-state index in [0.29, 0.717) is 18.1 Å². The van der Waals surface area contributed by atoms with Gasteiger partial charge >= 0.3 is 0 Å². The molecule has 30 heavy (non-hydrogen) atoms. The molecule has 1 amide bonds. The van der Waals surface area contributed by atoms with Gasteiger partial charge in [-0.1, -0.05) is 11.3 Å². The van der Waals surface area contributed by atoms with Gasteiger partial charge in [0.15, 0.2) is 5.13 Å². The van der Waals surface area contributed by atoms with Gasteiger partial charge in [-0.25, -0.2) is 4.98 Å². The summed E-state index contributed by atoms with van der Waals surface area (Å²) in [4.78, 5) is 26.5. The largest absolute Gasteiger partial charge is 0.373 e. The molecule has 0 N–H and O–H groups in total. The molecule has 0 spiro atoms. The van der Waals surface area contributed by atoms with Crippen molar-refractivity contribution in [2.24, 2.45) is 5.92 Å². The first kappa shape index (κ1) is 22.0. The molecule has 2 atom stereocenters. The van der Waals surface area contributed by atoms with Crippen LogP contribution in [0.3, 0.4) is 0 Å².